The van der Waals surface area contributed by atoms with E-state index in [4.69, 9.17) is 10.1 Å². The molecule has 4 rings (SSSR count). The summed E-state index contributed by atoms with van der Waals surface area (Å²) in [7, 11) is 0. The number of aryl methyl sites for hydroxylation is 2. The topological polar surface area (TPSA) is 62.2 Å². The Morgan fingerprint density at radius 1 is 0.963 bits per heavy atom. The first-order valence-corrected chi connectivity index (χ1v) is 8.97. The smallest absolute Gasteiger partial charge is 0.303 e. The monoisotopic (exact) mass is 356 g/mol. The highest BCUT2D eigenvalue weighted by Crippen LogP contribution is 2.34. The number of nitrogens with one attached hydrogen (secondary N) is 1. The van der Waals surface area contributed by atoms with Gasteiger partial charge in [-0.25, -0.2) is 4.98 Å². The molecular weight excluding hydrogens is 336 g/mol. The lowest BCUT2D eigenvalue weighted by atomic mass is 10.0. The largest absolute Gasteiger partial charge is 0.481 e. The van der Waals surface area contributed by atoms with Gasteiger partial charge in [-0.1, -0.05) is 48.5 Å². The molecule has 0 amide bonds. The number of rotatable bonds is 5. The van der Waals surface area contributed by atoms with Crippen molar-refractivity contribution in [1.82, 2.24) is 4.98 Å². The van der Waals surface area contributed by atoms with Gasteiger partial charge in [0.2, 0.25) is 0 Å². The first kappa shape index (κ1) is 17.0. The van der Waals surface area contributed by atoms with Crippen molar-refractivity contribution in [2.75, 3.05) is 5.32 Å². The third-order valence-corrected chi connectivity index (χ3v) is 4.76. The summed E-state index contributed by atoms with van der Waals surface area (Å²) in [5.74, 6) is -0.776. The molecule has 134 valence electrons. The Hall–Kier alpha value is -3.40. The fourth-order valence-corrected chi connectivity index (χ4v) is 3.34. The van der Waals surface area contributed by atoms with Gasteiger partial charge in [0.1, 0.15) is 0 Å². The maximum Gasteiger partial charge on any atom is 0.303 e. The predicted octanol–water partition coefficient (Wildman–Crippen LogP) is 5.46. The molecule has 0 aliphatic carbocycles. The first-order chi connectivity index (χ1) is 13.1. The van der Waals surface area contributed by atoms with Gasteiger partial charge in [0.25, 0.3) is 0 Å². The Kier molecular flexibility index (Phi) is 4.47. The van der Waals surface area contributed by atoms with Crippen LogP contribution in [0, 0.1) is 6.92 Å². The molecule has 2 N–H and O–H groups in total. The van der Waals surface area contributed by atoms with E-state index in [0.717, 1.165) is 44.3 Å². The number of nitrogens with zero attached hydrogens (tertiary/aromatic N) is 1. The van der Waals surface area contributed by atoms with Crippen LogP contribution in [0.4, 0.5) is 11.4 Å². The van der Waals surface area contributed by atoms with Crippen LogP contribution in [0.1, 0.15) is 17.5 Å². The third kappa shape index (κ3) is 3.47. The lowest BCUT2D eigenvalue weighted by molar-refractivity contribution is -0.136. The van der Waals surface area contributed by atoms with Crippen molar-refractivity contribution in [2.45, 2.75) is 19.8 Å². The molecule has 0 fully saturated rings. The molecule has 0 aliphatic heterocycles. The van der Waals surface area contributed by atoms with Crippen LogP contribution in [0.3, 0.4) is 0 Å². The Morgan fingerprint density at radius 3 is 2.48 bits per heavy atom. The number of pyridine rings is 1. The van der Waals surface area contributed by atoms with Gasteiger partial charge >= 0.3 is 5.97 Å². The van der Waals surface area contributed by atoms with E-state index in [0.29, 0.717) is 6.42 Å². The molecule has 0 radical (unpaired) electrons. The number of aliphatic carboxylic acids is 1. The van der Waals surface area contributed by atoms with Gasteiger partial charge in [-0.15, -0.1) is 0 Å². The van der Waals surface area contributed by atoms with Gasteiger partial charge in [0.15, 0.2) is 0 Å². The number of anilines is 2. The van der Waals surface area contributed by atoms with E-state index in [1.165, 1.54) is 0 Å². The summed E-state index contributed by atoms with van der Waals surface area (Å²) in [4.78, 5) is 15.6. The van der Waals surface area contributed by atoms with Crippen LogP contribution in [-0.2, 0) is 11.2 Å². The normalized spacial score (nSPS) is 11.0. The highest BCUT2D eigenvalue weighted by atomic mass is 16.4. The van der Waals surface area contributed by atoms with Gasteiger partial charge in [0.05, 0.1) is 16.7 Å². The maximum atomic E-state index is 10.7. The van der Waals surface area contributed by atoms with E-state index in [9.17, 15) is 4.79 Å². The molecule has 0 saturated heterocycles. The molecule has 0 spiro atoms. The van der Waals surface area contributed by atoms with E-state index in [-0.39, 0.29) is 6.42 Å². The third-order valence-electron chi connectivity index (χ3n) is 4.76. The molecule has 3 aromatic carbocycles. The molecule has 4 nitrogen and oxygen atoms in total. The first-order valence-electron chi connectivity index (χ1n) is 8.97. The van der Waals surface area contributed by atoms with Crippen molar-refractivity contribution >= 4 is 39.1 Å². The summed E-state index contributed by atoms with van der Waals surface area (Å²) < 4.78 is 0. The van der Waals surface area contributed by atoms with Gasteiger partial charge in [-0.3, -0.25) is 4.79 Å². The molecule has 0 atom stereocenters. The van der Waals surface area contributed by atoms with Gasteiger partial charge in [0, 0.05) is 22.9 Å². The second kappa shape index (κ2) is 7.08. The zero-order valence-corrected chi connectivity index (χ0v) is 15.1. The van der Waals surface area contributed by atoms with E-state index in [2.05, 4.69) is 30.4 Å². The van der Waals surface area contributed by atoms with E-state index in [1.54, 1.807) is 0 Å². The van der Waals surface area contributed by atoms with Crippen LogP contribution in [0.15, 0.2) is 66.7 Å². The molecule has 0 saturated carbocycles. The molecule has 27 heavy (non-hydrogen) atoms. The summed E-state index contributed by atoms with van der Waals surface area (Å²) in [6.45, 7) is 2.07. The zero-order chi connectivity index (χ0) is 18.8. The highest BCUT2D eigenvalue weighted by molar-refractivity contribution is 6.09. The lowest BCUT2D eigenvalue weighted by Gasteiger charge is -2.14. The second-order valence-corrected chi connectivity index (χ2v) is 6.69. The van der Waals surface area contributed by atoms with E-state index in [1.807, 2.05) is 48.5 Å². The summed E-state index contributed by atoms with van der Waals surface area (Å²) in [5, 5.41) is 14.5. The Bertz CT molecular complexity index is 1130. The molecule has 4 heteroatoms. The average molecular weight is 356 g/mol. The summed E-state index contributed by atoms with van der Waals surface area (Å²) >= 11 is 0. The summed E-state index contributed by atoms with van der Waals surface area (Å²) in [6.07, 6.45) is 0.682. The number of hydrogen-bond donors (Lipinski definition) is 2. The van der Waals surface area contributed by atoms with Crippen LogP contribution < -0.4 is 5.32 Å². The number of carbonyl (C=O) groups is 1. The summed E-state index contributed by atoms with van der Waals surface area (Å²) in [6, 6.07) is 22.3. The van der Waals surface area contributed by atoms with Crippen molar-refractivity contribution < 1.29 is 9.90 Å². The zero-order valence-electron chi connectivity index (χ0n) is 15.1. The van der Waals surface area contributed by atoms with E-state index < -0.39 is 5.97 Å². The second-order valence-electron chi connectivity index (χ2n) is 6.69. The van der Waals surface area contributed by atoms with E-state index >= 15 is 0 Å². The number of hydrogen-bond acceptors (Lipinski definition) is 3. The number of fused-ring (bicyclic) bond motifs is 2. The van der Waals surface area contributed by atoms with Crippen molar-refractivity contribution in [3.8, 4) is 0 Å². The van der Waals surface area contributed by atoms with Crippen LogP contribution >= 0.6 is 0 Å². The Morgan fingerprint density at radius 2 is 1.70 bits per heavy atom. The lowest BCUT2D eigenvalue weighted by Crippen LogP contribution is -1.98. The Balaban J connectivity index is 1.76. The fraction of sp³-hybridized carbons (Fsp3) is 0.130. The Labute approximate surface area is 157 Å². The molecule has 4 aromatic rings. The van der Waals surface area contributed by atoms with Gasteiger partial charge in [-0.2, -0.15) is 0 Å². The number of carboxylic acids is 1. The van der Waals surface area contributed by atoms with Crippen LogP contribution in [0.25, 0.3) is 21.8 Å². The molecule has 0 unspecified atom stereocenters. The van der Waals surface area contributed by atoms with Crippen molar-refractivity contribution in [3.05, 3.63) is 77.9 Å². The number of carboxylic acid groups (broad SMARTS) is 1. The minimum Gasteiger partial charge on any atom is -0.481 e. The van der Waals surface area contributed by atoms with Crippen LogP contribution in [0.5, 0.6) is 0 Å². The molecule has 1 aromatic heterocycles. The van der Waals surface area contributed by atoms with Crippen molar-refractivity contribution in [2.24, 2.45) is 0 Å². The molecule has 1 heterocycles. The fourth-order valence-electron chi connectivity index (χ4n) is 3.34. The minimum absolute atomic E-state index is 0.145. The maximum absolute atomic E-state index is 10.7. The quantitative estimate of drug-likeness (QED) is 0.466. The predicted molar refractivity (Wildman–Crippen MR) is 110 cm³/mol. The molecular formula is C23H20N2O2. The number of aromatic nitrogens is 1. The van der Waals surface area contributed by atoms with Crippen LogP contribution in [0.2, 0.25) is 0 Å². The van der Waals surface area contributed by atoms with Gasteiger partial charge in [-0.05, 0) is 42.7 Å². The standard InChI is InChI=1S/C23H20N2O2/c1-15-5-4-7-19-22(15)25-20-8-3-2-6-18(20)23(19)24-17-12-9-16(10-13-17)11-14-21(26)27/h2-10,12-13H,11,14H2,1H3,(H,24,25)(H,26,27). The SMILES string of the molecule is Cc1cccc2c(Nc3ccc(CCC(=O)O)cc3)c3ccccc3nc12. The van der Waals surface area contributed by atoms with Crippen molar-refractivity contribution in [3.63, 3.8) is 0 Å². The highest BCUT2D eigenvalue weighted by Gasteiger charge is 2.10. The van der Waals surface area contributed by atoms with Crippen LogP contribution in [-0.4, -0.2) is 16.1 Å². The molecule has 0 bridgehead atoms. The number of benzene rings is 3. The summed E-state index contributed by atoms with van der Waals surface area (Å²) in [5.41, 5.74) is 6.12. The average Bonchev–Trinajstić information content (AvgIpc) is 2.68. The molecule has 0 aliphatic rings. The van der Waals surface area contributed by atoms with Crippen molar-refractivity contribution in [1.29, 1.82) is 0 Å². The number of para-hydroxylation sites is 2. The van der Waals surface area contributed by atoms with Gasteiger partial charge < -0.3 is 10.4 Å². The minimum atomic E-state index is -0.776.